The Kier molecular flexibility index (Phi) is 3.48. The Bertz CT molecular complexity index is 600. The van der Waals surface area contributed by atoms with Gasteiger partial charge in [0, 0.05) is 26.5 Å². The smallest absolute Gasteiger partial charge is 0.254 e. The molecule has 1 heterocycles. The third kappa shape index (κ3) is 2.60. The Morgan fingerprint density at radius 1 is 1.47 bits per heavy atom. The van der Waals surface area contributed by atoms with Gasteiger partial charge in [-0.2, -0.15) is 5.26 Å². The topological polar surface area (TPSA) is 91.1 Å². The minimum Gasteiger partial charge on any atom is -0.345 e. The Hall–Kier alpha value is -1.94. The Morgan fingerprint density at radius 2 is 2.06 bits per heavy atom. The highest BCUT2D eigenvalue weighted by molar-refractivity contribution is 7.90. The van der Waals surface area contributed by atoms with E-state index in [0.717, 1.165) is 6.26 Å². The highest BCUT2D eigenvalue weighted by Gasteiger charge is 2.24. The quantitative estimate of drug-likeness (QED) is 0.743. The summed E-state index contributed by atoms with van der Waals surface area (Å²) in [5.74, 6) is -0.482. The normalized spacial score (nSPS) is 10.7. The minimum absolute atomic E-state index is 0.0379. The summed E-state index contributed by atoms with van der Waals surface area (Å²) in [6.45, 7) is 0. The number of amides is 1. The average molecular weight is 253 g/mol. The van der Waals surface area contributed by atoms with Crippen LogP contribution in [0.5, 0.6) is 0 Å². The lowest BCUT2D eigenvalue weighted by molar-refractivity contribution is 0.0823. The summed E-state index contributed by atoms with van der Waals surface area (Å²) < 4.78 is 23.2. The number of aromatic nitrogens is 1. The van der Waals surface area contributed by atoms with Gasteiger partial charge in [-0.25, -0.2) is 13.4 Å². The van der Waals surface area contributed by atoms with Crippen LogP contribution in [0.1, 0.15) is 16.1 Å². The summed E-state index contributed by atoms with van der Waals surface area (Å²) >= 11 is 0. The van der Waals surface area contributed by atoms with E-state index >= 15 is 0 Å². The molecule has 0 atom stereocenters. The van der Waals surface area contributed by atoms with Crippen LogP contribution in [0.3, 0.4) is 0 Å². The molecule has 0 bridgehead atoms. The molecule has 7 heteroatoms. The average Bonchev–Trinajstić information content (AvgIpc) is 2.25. The number of nitriles is 1. The summed E-state index contributed by atoms with van der Waals surface area (Å²) in [5.41, 5.74) is -0.302. The molecule has 17 heavy (non-hydrogen) atoms. The zero-order valence-electron chi connectivity index (χ0n) is 9.63. The van der Waals surface area contributed by atoms with Gasteiger partial charge in [0.15, 0.2) is 15.5 Å². The fourth-order valence-corrected chi connectivity index (χ4v) is 2.32. The lowest BCUT2D eigenvalue weighted by Gasteiger charge is -2.13. The zero-order valence-corrected chi connectivity index (χ0v) is 10.4. The summed E-state index contributed by atoms with van der Waals surface area (Å²) in [4.78, 5) is 16.4. The van der Waals surface area contributed by atoms with Crippen molar-refractivity contribution in [1.82, 2.24) is 9.88 Å². The van der Waals surface area contributed by atoms with Crippen LogP contribution in [-0.4, -0.2) is 44.6 Å². The molecule has 0 saturated carbocycles. The maximum atomic E-state index is 11.8. The van der Waals surface area contributed by atoms with E-state index in [1.807, 2.05) is 0 Å². The van der Waals surface area contributed by atoms with E-state index in [-0.39, 0.29) is 16.2 Å². The van der Waals surface area contributed by atoms with Crippen molar-refractivity contribution in [2.75, 3.05) is 20.4 Å². The summed E-state index contributed by atoms with van der Waals surface area (Å²) in [7, 11) is -0.686. The van der Waals surface area contributed by atoms with E-state index < -0.39 is 15.7 Å². The van der Waals surface area contributed by atoms with Crippen molar-refractivity contribution in [3.8, 4) is 6.07 Å². The fraction of sp³-hybridized carbons (Fsp3) is 0.300. The fourth-order valence-electron chi connectivity index (χ4n) is 1.31. The molecule has 90 valence electrons. The van der Waals surface area contributed by atoms with E-state index in [2.05, 4.69) is 4.98 Å². The van der Waals surface area contributed by atoms with Crippen LogP contribution in [0, 0.1) is 11.3 Å². The highest BCUT2D eigenvalue weighted by Crippen LogP contribution is 2.19. The zero-order chi connectivity index (χ0) is 13.2. The van der Waals surface area contributed by atoms with E-state index in [1.54, 1.807) is 6.07 Å². The molecule has 0 saturated heterocycles. The van der Waals surface area contributed by atoms with Gasteiger partial charge in [0.1, 0.15) is 11.0 Å². The number of hydrogen-bond acceptors (Lipinski definition) is 5. The number of rotatable bonds is 2. The molecule has 0 radical (unpaired) electrons. The van der Waals surface area contributed by atoms with Crippen LogP contribution >= 0.6 is 0 Å². The standard InChI is InChI=1S/C10H11N3O3S/c1-13(2)10(14)7-4-5-12-8(6-11)9(7)17(3,15)16/h4-5H,1-3H3. The van der Waals surface area contributed by atoms with Gasteiger partial charge in [0.25, 0.3) is 5.91 Å². The summed E-state index contributed by atoms with van der Waals surface area (Å²) in [6.07, 6.45) is 2.18. The van der Waals surface area contributed by atoms with Crippen molar-refractivity contribution in [3.05, 3.63) is 23.5 Å². The van der Waals surface area contributed by atoms with E-state index in [9.17, 15) is 13.2 Å². The van der Waals surface area contributed by atoms with Gasteiger partial charge in [-0.15, -0.1) is 0 Å². The lowest BCUT2D eigenvalue weighted by Crippen LogP contribution is -2.24. The second-order valence-corrected chi connectivity index (χ2v) is 5.57. The third-order valence-corrected chi connectivity index (χ3v) is 3.17. The van der Waals surface area contributed by atoms with Crippen LogP contribution in [-0.2, 0) is 9.84 Å². The number of hydrogen-bond donors (Lipinski definition) is 0. The highest BCUT2D eigenvalue weighted by atomic mass is 32.2. The van der Waals surface area contributed by atoms with E-state index in [4.69, 9.17) is 5.26 Å². The van der Waals surface area contributed by atoms with Crippen LogP contribution < -0.4 is 0 Å². The molecule has 0 spiro atoms. The second-order valence-electron chi connectivity index (χ2n) is 3.62. The molecule has 1 rings (SSSR count). The first-order valence-corrected chi connectivity index (χ1v) is 6.49. The molecule has 1 amide bonds. The van der Waals surface area contributed by atoms with Gasteiger partial charge in [-0.05, 0) is 6.07 Å². The van der Waals surface area contributed by atoms with Crippen LogP contribution in [0.25, 0.3) is 0 Å². The van der Waals surface area contributed by atoms with Gasteiger partial charge in [-0.3, -0.25) is 4.79 Å². The van der Waals surface area contributed by atoms with Gasteiger partial charge in [0.05, 0.1) is 5.56 Å². The molecule has 1 aromatic rings. The Balaban J connectivity index is 3.65. The van der Waals surface area contributed by atoms with Gasteiger partial charge in [0.2, 0.25) is 0 Å². The van der Waals surface area contributed by atoms with Crippen molar-refractivity contribution < 1.29 is 13.2 Å². The van der Waals surface area contributed by atoms with Gasteiger partial charge >= 0.3 is 0 Å². The van der Waals surface area contributed by atoms with Crippen molar-refractivity contribution in [2.45, 2.75) is 4.90 Å². The number of pyridine rings is 1. The number of nitrogens with zero attached hydrogens (tertiary/aromatic N) is 3. The van der Waals surface area contributed by atoms with Crippen molar-refractivity contribution in [1.29, 1.82) is 5.26 Å². The van der Waals surface area contributed by atoms with Crippen LogP contribution in [0.15, 0.2) is 17.2 Å². The van der Waals surface area contributed by atoms with E-state index in [0.29, 0.717) is 0 Å². The molecule has 0 aliphatic heterocycles. The first-order valence-electron chi connectivity index (χ1n) is 4.60. The molecule has 1 aromatic heterocycles. The second kappa shape index (κ2) is 4.51. The van der Waals surface area contributed by atoms with Gasteiger partial charge < -0.3 is 4.90 Å². The molecule has 0 N–H and O–H groups in total. The van der Waals surface area contributed by atoms with Crippen LogP contribution in [0.4, 0.5) is 0 Å². The molecule has 0 aliphatic rings. The number of carbonyl (C=O) groups excluding carboxylic acids is 1. The molecule has 6 nitrogen and oxygen atoms in total. The summed E-state index contributed by atoms with van der Waals surface area (Å²) in [5, 5.41) is 8.82. The number of sulfone groups is 1. The van der Waals surface area contributed by atoms with Crippen molar-refractivity contribution in [3.63, 3.8) is 0 Å². The van der Waals surface area contributed by atoms with Crippen molar-refractivity contribution >= 4 is 15.7 Å². The Morgan fingerprint density at radius 3 is 2.47 bits per heavy atom. The number of carbonyl (C=O) groups is 1. The SMILES string of the molecule is CN(C)C(=O)c1ccnc(C#N)c1S(C)(=O)=O. The molecule has 0 unspecified atom stereocenters. The summed E-state index contributed by atoms with van der Waals surface area (Å²) in [6, 6.07) is 2.97. The first-order chi connectivity index (χ1) is 7.79. The molecular formula is C10H11N3O3S. The monoisotopic (exact) mass is 253 g/mol. The van der Waals surface area contributed by atoms with Gasteiger partial charge in [-0.1, -0.05) is 0 Å². The minimum atomic E-state index is -3.69. The van der Waals surface area contributed by atoms with Crippen LogP contribution in [0.2, 0.25) is 0 Å². The molecule has 0 aliphatic carbocycles. The molecular weight excluding hydrogens is 242 g/mol. The molecule has 0 aromatic carbocycles. The lowest BCUT2D eigenvalue weighted by atomic mass is 10.2. The maximum Gasteiger partial charge on any atom is 0.254 e. The van der Waals surface area contributed by atoms with E-state index in [1.165, 1.54) is 31.3 Å². The van der Waals surface area contributed by atoms with Crippen molar-refractivity contribution in [2.24, 2.45) is 0 Å². The maximum absolute atomic E-state index is 11.8. The predicted octanol–water partition coefficient (Wildman–Crippen LogP) is 0.0586. The molecule has 0 fully saturated rings. The first kappa shape index (κ1) is 13.1. The third-order valence-electron chi connectivity index (χ3n) is 2.02. The largest absolute Gasteiger partial charge is 0.345 e. The predicted molar refractivity (Wildman–Crippen MR) is 60.1 cm³/mol. The Labute approximate surface area is 99.4 Å².